The van der Waals surface area contributed by atoms with E-state index in [9.17, 15) is 60.7 Å². The molecule has 3 saturated heterocycles. The van der Waals surface area contributed by atoms with Crippen LogP contribution in [0.4, 0.5) is 0 Å². The van der Waals surface area contributed by atoms with Crippen LogP contribution in [-0.4, -0.2) is 181 Å². The number of aliphatic hydroxyl groups is 9. The molecule has 0 bridgehead atoms. The van der Waals surface area contributed by atoms with Crippen LogP contribution in [0.3, 0.4) is 0 Å². The van der Waals surface area contributed by atoms with Crippen LogP contribution < -0.4 is 5.32 Å². The second-order valence-corrected chi connectivity index (χ2v) is 10.6. The number of methoxy groups -OCH3 is 1. The molecule has 3 aliphatic rings. The van der Waals surface area contributed by atoms with E-state index in [0.717, 1.165) is 6.92 Å². The smallest absolute Gasteiger partial charge is 0.364 e. The molecule has 43 heavy (non-hydrogen) atoms. The van der Waals surface area contributed by atoms with Crippen LogP contribution in [0, 0.1) is 0 Å². The molecule has 0 aromatic rings. The van der Waals surface area contributed by atoms with Crippen LogP contribution in [0.5, 0.6) is 0 Å². The Morgan fingerprint density at radius 2 is 1.67 bits per heavy atom. The minimum absolute atomic E-state index is 0.0868. The Balaban J connectivity index is 1.80. The number of ether oxygens (including phenoxy) is 6. The summed E-state index contributed by atoms with van der Waals surface area (Å²) in [5.74, 6) is -5.30. The summed E-state index contributed by atoms with van der Waals surface area (Å²) in [6.07, 6.45) is -22.1. The lowest BCUT2D eigenvalue weighted by atomic mass is 9.88. The van der Waals surface area contributed by atoms with Crippen molar-refractivity contribution in [3.05, 3.63) is 0 Å². The normalized spacial score (nSPS) is 43.5. The average Bonchev–Trinajstić information content (AvgIpc) is 2.97. The third-order valence-electron chi connectivity index (χ3n) is 7.58. The highest BCUT2D eigenvalue weighted by molar-refractivity contribution is 5.76. The van der Waals surface area contributed by atoms with Gasteiger partial charge in [-0.15, -0.1) is 0 Å². The van der Waals surface area contributed by atoms with E-state index in [2.05, 4.69) is 5.32 Å². The van der Waals surface area contributed by atoms with Gasteiger partial charge >= 0.3 is 5.97 Å². The van der Waals surface area contributed by atoms with Crippen molar-refractivity contribution in [1.82, 2.24) is 5.32 Å². The highest BCUT2D eigenvalue weighted by atomic mass is 16.8. The minimum atomic E-state index is -2.78. The maximum absolute atomic E-state index is 12.4. The molecule has 1 amide bonds. The molecule has 0 saturated carbocycles. The Labute approximate surface area is 245 Å². The maximum atomic E-state index is 12.4. The van der Waals surface area contributed by atoms with Gasteiger partial charge in [-0.3, -0.25) is 4.79 Å². The molecule has 0 aromatic heterocycles. The monoisotopic (exact) mass is 631 g/mol. The van der Waals surface area contributed by atoms with Gasteiger partial charge in [0.15, 0.2) is 12.6 Å². The van der Waals surface area contributed by atoms with Gasteiger partial charge in [-0.2, -0.15) is 0 Å². The van der Waals surface area contributed by atoms with Crippen molar-refractivity contribution in [2.75, 3.05) is 26.9 Å². The van der Waals surface area contributed by atoms with Gasteiger partial charge in [0.25, 0.3) is 5.79 Å². The maximum Gasteiger partial charge on any atom is 0.364 e. The number of rotatable bonds is 12. The van der Waals surface area contributed by atoms with Crippen LogP contribution in [0.2, 0.25) is 0 Å². The quantitative estimate of drug-likeness (QED) is 0.0953. The van der Waals surface area contributed by atoms with E-state index in [1.807, 2.05) is 0 Å². The number of aliphatic carboxylic acids is 1. The molecule has 19 nitrogen and oxygen atoms in total. The van der Waals surface area contributed by atoms with Crippen LogP contribution in [-0.2, 0) is 38.0 Å². The lowest BCUT2D eigenvalue weighted by molar-refractivity contribution is -0.357. The Morgan fingerprint density at radius 3 is 2.23 bits per heavy atom. The topological polar surface area (TPSA) is 304 Å². The van der Waals surface area contributed by atoms with Crippen LogP contribution in [0.1, 0.15) is 19.8 Å². The highest BCUT2D eigenvalue weighted by Crippen LogP contribution is 2.35. The third-order valence-corrected chi connectivity index (χ3v) is 7.58. The number of hydrogen-bond donors (Lipinski definition) is 11. The fourth-order valence-corrected chi connectivity index (χ4v) is 5.20. The Bertz CT molecular complexity index is 929. The van der Waals surface area contributed by atoms with E-state index in [4.69, 9.17) is 28.4 Å². The summed E-state index contributed by atoms with van der Waals surface area (Å²) in [7, 11) is 1.32. The lowest BCUT2D eigenvalue weighted by Crippen LogP contribution is -2.68. The van der Waals surface area contributed by atoms with E-state index >= 15 is 0 Å². The van der Waals surface area contributed by atoms with E-state index < -0.39 is 130 Å². The van der Waals surface area contributed by atoms with Gasteiger partial charge in [0.2, 0.25) is 5.91 Å². The van der Waals surface area contributed by atoms with E-state index in [1.54, 1.807) is 0 Å². The largest absolute Gasteiger partial charge is 0.477 e. The van der Waals surface area contributed by atoms with Crippen molar-refractivity contribution >= 4 is 11.9 Å². The molecule has 0 unspecified atom stereocenters. The first-order valence-corrected chi connectivity index (χ1v) is 13.5. The van der Waals surface area contributed by atoms with Crippen molar-refractivity contribution < 1.29 is 89.1 Å². The molecular formula is C24H41NO18. The van der Waals surface area contributed by atoms with Crippen LogP contribution in [0.25, 0.3) is 0 Å². The Kier molecular flexibility index (Phi) is 12.6. The molecule has 3 aliphatic heterocycles. The summed E-state index contributed by atoms with van der Waals surface area (Å²) < 4.78 is 32.6. The molecule has 3 heterocycles. The zero-order chi connectivity index (χ0) is 32.2. The average molecular weight is 632 g/mol. The molecule has 250 valence electrons. The molecular weight excluding hydrogens is 590 g/mol. The van der Waals surface area contributed by atoms with Gasteiger partial charge in [0, 0.05) is 26.9 Å². The molecule has 11 N–H and O–H groups in total. The predicted molar refractivity (Wildman–Crippen MR) is 133 cm³/mol. The van der Waals surface area contributed by atoms with E-state index in [1.165, 1.54) is 7.11 Å². The fourth-order valence-electron chi connectivity index (χ4n) is 5.20. The van der Waals surface area contributed by atoms with Crippen molar-refractivity contribution in [1.29, 1.82) is 0 Å². The number of carboxylic acids is 1. The lowest BCUT2D eigenvalue weighted by Gasteiger charge is -2.48. The SMILES string of the molecule is CO[C@@H]1C[C@@H](O)[C@@H](O[C@@H]2O[C@H](CO[C@]3(C(=O)O)C[C@H](O)[C@@H](NC(C)=O)[C@H]([C@H](O)[C@H](O)CO)O3)[C@H](O)[C@H](O)[C@H]2O)[C@@H](CO)O1. The van der Waals surface area contributed by atoms with Gasteiger partial charge in [0.1, 0.15) is 54.9 Å². The first-order valence-electron chi connectivity index (χ1n) is 13.5. The zero-order valence-electron chi connectivity index (χ0n) is 23.4. The van der Waals surface area contributed by atoms with Gasteiger partial charge in [-0.1, -0.05) is 0 Å². The zero-order valence-corrected chi connectivity index (χ0v) is 23.4. The highest BCUT2D eigenvalue weighted by Gasteiger charge is 2.57. The molecule has 0 aliphatic carbocycles. The van der Waals surface area contributed by atoms with Crippen molar-refractivity contribution in [2.24, 2.45) is 0 Å². The molecule has 0 radical (unpaired) electrons. The summed E-state index contributed by atoms with van der Waals surface area (Å²) in [4.78, 5) is 24.1. The van der Waals surface area contributed by atoms with Gasteiger partial charge in [-0.05, 0) is 0 Å². The van der Waals surface area contributed by atoms with Crippen molar-refractivity contribution in [3.8, 4) is 0 Å². The molecule has 15 atom stereocenters. The van der Waals surface area contributed by atoms with Crippen molar-refractivity contribution in [3.63, 3.8) is 0 Å². The number of carbonyl (C=O) groups is 2. The third kappa shape index (κ3) is 7.95. The summed E-state index contributed by atoms with van der Waals surface area (Å²) in [6, 6.07) is -1.45. The van der Waals surface area contributed by atoms with Crippen molar-refractivity contribution in [2.45, 2.75) is 111 Å². The molecule has 0 aromatic carbocycles. The first-order chi connectivity index (χ1) is 20.2. The Hall–Kier alpha value is -1.66. The van der Waals surface area contributed by atoms with E-state index in [-0.39, 0.29) is 6.42 Å². The van der Waals surface area contributed by atoms with E-state index in [0.29, 0.717) is 0 Å². The van der Waals surface area contributed by atoms with Crippen LogP contribution >= 0.6 is 0 Å². The molecule has 3 fully saturated rings. The second-order valence-electron chi connectivity index (χ2n) is 10.6. The molecule has 3 rings (SSSR count). The minimum Gasteiger partial charge on any atom is -0.477 e. The standard InChI is InChI=1S/C24H41NO18/c1-8(28)25-15-10(30)4-24(23(36)37,43-21(15)16(32)11(31)5-26)39-7-13-17(33)18(34)19(35)22(41-13)42-20-9(29)3-14(38-2)40-12(20)6-27/h9-22,26-27,29-35H,3-7H2,1-2H3,(H,25,28)(H,36,37)/t9-,10+,11-,12-,13-,14+,15-,16-,17+,18+,19-,20-,21-,22+,24-/m1/s1. The van der Waals surface area contributed by atoms with Crippen LogP contribution in [0.15, 0.2) is 0 Å². The second kappa shape index (κ2) is 15.1. The summed E-state index contributed by atoms with van der Waals surface area (Å²) in [5, 5.41) is 105. The number of hydrogen-bond acceptors (Lipinski definition) is 17. The molecule has 0 spiro atoms. The van der Waals surface area contributed by atoms with Gasteiger partial charge in [0.05, 0.1) is 38.1 Å². The number of carboxylic acid groups (broad SMARTS) is 1. The number of carbonyl (C=O) groups excluding carboxylic acids is 1. The predicted octanol–water partition coefficient (Wildman–Crippen LogP) is -6.54. The first kappa shape index (κ1) is 35.8. The number of nitrogens with one attached hydrogen (secondary N) is 1. The summed E-state index contributed by atoms with van der Waals surface area (Å²) >= 11 is 0. The van der Waals surface area contributed by atoms with Gasteiger partial charge in [-0.25, -0.2) is 4.79 Å². The fraction of sp³-hybridized carbons (Fsp3) is 0.917. The molecule has 19 heteroatoms. The van der Waals surface area contributed by atoms with Gasteiger partial charge < -0.3 is 84.8 Å². The number of amides is 1. The Morgan fingerprint density at radius 1 is 1.00 bits per heavy atom. The number of aliphatic hydroxyl groups excluding tert-OH is 9. The summed E-state index contributed by atoms with van der Waals surface area (Å²) in [6.45, 7) is -1.44. The summed E-state index contributed by atoms with van der Waals surface area (Å²) in [5.41, 5.74) is 0.